The largest absolute Gasteiger partial charge is 0.443 e. The third-order valence-corrected chi connectivity index (χ3v) is 5.87. The Labute approximate surface area is 187 Å². The molecule has 2 heterocycles. The fraction of sp³-hybridized carbons (Fsp3) is 0.538. The molecule has 31 heavy (non-hydrogen) atoms. The Balaban J connectivity index is 1.79. The van der Waals surface area contributed by atoms with Crippen LogP contribution in [0.3, 0.4) is 0 Å². The van der Waals surface area contributed by atoms with Crippen molar-refractivity contribution in [1.82, 2.24) is 9.88 Å². The van der Waals surface area contributed by atoms with Gasteiger partial charge in [-0.05, 0) is 70.7 Å². The summed E-state index contributed by atoms with van der Waals surface area (Å²) in [5.41, 5.74) is 2.02. The maximum atomic E-state index is 12.9. The van der Waals surface area contributed by atoms with E-state index >= 15 is 0 Å². The molecule has 0 radical (unpaired) electrons. The lowest BCUT2D eigenvalue weighted by molar-refractivity contribution is 0.0566. The molecule has 0 N–H and O–H groups in total. The van der Waals surface area contributed by atoms with Crippen molar-refractivity contribution in [3.05, 3.63) is 59.8 Å². The molecular weight excluding hydrogens is 386 g/mol. The molecule has 1 saturated heterocycles. The predicted octanol–water partition coefficient (Wildman–Crippen LogP) is 6.35. The van der Waals surface area contributed by atoms with Gasteiger partial charge >= 0.3 is 6.09 Å². The number of pyridine rings is 1. The second-order valence-electron chi connectivity index (χ2n) is 9.52. The number of amides is 1. The van der Waals surface area contributed by atoms with E-state index in [-0.39, 0.29) is 12.1 Å². The summed E-state index contributed by atoms with van der Waals surface area (Å²) in [5.74, 6) is 0.651. The lowest BCUT2D eigenvalue weighted by Gasteiger charge is -2.36. The van der Waals surface area contributed by atoms with E-state index in [0.29, 0.717) is 11.9 Å². The van der Waals surface area contributed by atoms with Crippen LogP contribution in [0, 0.1) is 0 Å². The summed E-state index contributed by atoms with van der Waals surface area (Å²) in [6.45, 7) is 11.8. The molecule has 0 unspecified atom stereocenters. The Bertz CT molecular complexity index is 830. The highest BCUT2D eigenvalue weighted by molar-refractivity contribution is 5.87. The minimum absolute atomic E-state index is 0.0115. The Morgan fingerprint density at radius 3 is 2.55 bits per heavy atom. The highest BCUT2D eigenvalue weighted by Gasteiger charge is 2.29. The standard InChI is InChI=1S/C26H37N3O2/c1-6-20(2)29(25(30)31-26(3,4)5)24-16-15-22(18-27-24)23-14-10-11-17-28(23)19-21-12-8-7-9-13-21/h7-9,12-13,15-16,18,20,23H,6,10-11,14,17,19H2,1-5H3/t20-,23+/m1/s1. The summed E-state index contributed by atoms with van der Waals surface area (Å²) >= 11 is 0. The highest BCUT2D eigenvalue weighted by atomic mass is 16.6. The van der Waals surface area contributed by atoms with Crippen molar-refractivity contribution < 1.29 is 9.53 Å². The smallest absolute Gasteiger partial charge is 0.416 e. The first-order chi connectivity index (χ1) is 14.8. The van der Waals surface area contributed by atoms with Crippen LogP contribution in [-0.2, 0) is 11.3 Å². The van der Waals surface area contributed by atoms with Gasteiger partial charge in [0.1, 0.15) is 11.4 Å². The maximum Gasteiger partial charge on any atom is 0.416 e. The predicted molar refractivity (Wildman–Crippen MR) is 126 cm³/mol. The van der Waals surface area contributed by atoms with E-state index in [4.69, 9.17) is 9.72 Å². The average Bonchev–Trinajstić information content (AvgIpc) is 2.74. The quantitative estimate of drug-likeness (QED) is 0.543. The van der Waals surface area contributed by atoms with E-state index in [1.165, 1.54) is 24.0 Å². The second-order valence-corrected chi connectivity index (χ2v) is 9.52. The van der Waals surface area contributed by atoms with Gasteiger partial charge in [-0.2, -0.15) is 0 Å². The lowest BCUT2D eigenvalue weighted by atomic mass is 9.95. The van der Waals surface area contributed by atoms with Crippen LogP contribution in [0.15, 0.2) is 48.7 Å². The van der Waals surface area contributed by atoms with Gasteiger partial charge in [0.05, 0.1) is 0 Å². The van der Waals surface area contributed by atoms with Crippen LogP contribution < -0.4 is 4.90 Å². The second kappa shape index (κ2) is 10.3. The number of piperidine rings is 1. The Kier molecular flexibility index (Phi) is 7.71. The van der Waals surface area contributed by atoms with Crippen LogP contribution in [-0.4, -0.2) is 34.2 Å². The number of carbonyl (C=O) groups is 1. The molecule has 0 bridgehead atoms. The number of benzene rings is 1. The van der Waals surface area contributed by atoms with E-state index in [2.05, 4.69) is 48.2 Å². The van der Waals surface area contributed by atoms with Crippen molar-refractivity contribution in [3.8, 4) is 0 Å². The summed E-state index contributed by atoms with van der Waals surface area (Å²) in [4.78, 5) is 21.8. The summed E-state index contributed by atoms with van der Waals surface area (Å²) < 4.78 is 5.65. The van der Waals surface area contributed by atoms with E-state index in [0.717, 1.165) is 25.9 Å². The molecule has 0 aliphatic carbocycles. The van der Waals surface area contributed by atoms with Gasteiger partial charge in [0.15, 0.2) is 0 Å². The third kappa shape index (κ3) is 6.30. The fourth-order valence-corrected chi connectivity index (χ4v) is 4.11. The Morgan fingerprint density at radius 1 is 1.19 bits per heavy atom. The molecule has 5 nitrogen and oxygen atoms in total. The normalized spacial score (nSPS) is 18.4. The molecule has 1 aromatic heterocycles. The fourth-order valence-electron chi connectivity index (χ4n) is 4.11. The SMILES string of the molecule is CC[C@@H](C)N(C(=O)OC(C)(C)C)c1ccc([C@@H]2CCCCN2Cc2ccccc2)cn1. The van der Waals surface area contributed by atoms with E-state index in [1.807, 2.05) is 40.0 Å². The number of ether oxygens (including phenoxy) is 1. The van der Waals surface area contributed by atoms with Crippen LogP contribution >= 0.6 is 0 Å². The van der Waals surface area contributed by atoms with E-state index in [9.17, 15) is 4.79 Å². The zero-order chi connectivity index (χ0) is 22.4. The molecule has 1 aliphatic rings. The first-order valence-electron chi connectivity index (χ1n) is 11.5. The van der Waals surface area contributed by atoms with Crippen LogP contribution in [0.1, 0.15) is 77.5 Å². The van der Waals surface area contributed by atoms with Crippen LogP contribution in [0.25, 0.3) is 0 Å². The Morgan fingerprint density at radius 2 is 1.94 bits per heavy atom. The van der Waals surface area contributed by atoms with Crippen molar-refractivity contribution in [2.24, 2.45) is 0 Å². The highest BCUT2D eigenvalue weighted by Crippen LogP contribution is 2.33. The van der Waals surface area contributed by atoms with E-state index in [1.54, 1.807) is 4.90 Å². The summed E-state index contributed by atoms with van der Waals surface area (Å²) in [7, 11) is 0. The van der Waals surface area contributed by atoms with Gasteiger partial charge in [-0.15, -0.1) is 0 Å². The summed E-state index contributed by atoms with van der Waals surface area (Å²) in [6.07, 6.45) is 6.03. The monoisotopic (exact) mass is 423 g/mol. The molecule has 0 spiro atoms. The summed E-state index contributed by atoms with van der Waals surface area (Å²) in [6, 6.07) is 15.1. The molecule has 0 saturated carbocycles. The zero-order valence-electron chi connectivity index (χ0n) is 19.7. The van der Waals surface area contributed by atoms with Gasteiger partial charge in [0.25, 0.3) is 0 Å². The number of nitrogens with zero attached hydrogens (tertiary/aromatic N) is 3. The lowest BCUT2D eigenvalue weighted by Crippen LogP contribution is -2.42. The first-order valence-corrected chi connectivity index (χ1v) is 11.5. The molecule has 5 heteroatoms. The van der Waals surface area contributed by atoms with Gasteiger partial charge < -0.3 is 4.74 Å². The minimum Gasteiger partial charge on any atom is -0.443 e. The molecule has 1 aliphatic heterocycles. The van der Waals surface area contributed by atoms with Crippen LogP contribution in [0.5, 0.6) is 0 Å². The number of hydrogen-bond acceptors (Lipinski definition) is 4. The zero-order valence-corrected chi connectivity index (χ0v) is 19.7. The van der Waals surface area contributed by atoms with Crippen molar-refractivity contribution in [3.63, 3.8) is 0 Å². The third-order valence-electron chi connectivity index (χ3n) is 5.87. The number of rotatable bonds is 6. The van der Waals surface area contributed by atoms with Crippen molar-refractivity contribution in [2.45, 2.75) is 84.5 Å². The molecular formula is C26H37N3O2. The Hall–Kier alpha value is -2.40. The van der Waals surface area contributed by atoms with Crippen LogP contribution in [0.4, 0.5) is 10.6 Å². The summed E-state index contributed by atoms with van der Waals surface area (Å²) in [5, 5.41) is 0. The minimum atomic E-state index is -0.539. The van der Waals surface area contributed by atoms with Gasteiger partial charge in [0.2, 0.25) is 0 Å². The molecule has 1 amide bonds. The molecule has 1 fully saturated rings. The van der Waals surface area contributed by atoms with Gasteiger partial charge in [0, 0.05) is 24.8 Å². The number of carbonyl (C=O) groups excluding carboxylic acids is 1. The van der Waals surface area contributed by atoms with Gasteiger partial charge in [-0.3, -0.25) is 9.80 Å². The number of anilines is 1. The molecule has 2 atom stereocenters. The molecule has 3 rings (SSSR count). The first kappa shape index (κ1) is 23.3. The number of aromatic nitrogens is 1. The molecule has 168 valence electrons. The average molecular weight is 424 g/mol. The van der Waals surface area contributed by atoms with Crippen molar-refractivity contribution in [1.29, 1.82) is 0 Å². The van der Waals surface area contributed by atoms with Gasteiger partial charge in [-0.1, -0.05) is 49.7 Å². The number of hydrogen-bond donors (Lipinski definition) is 0. The number of likely N-dealkylation sites (tertiary alicyclic amines) is 1. The van der Waals surface area contributed by atoms with Crippen molar-refractivity contribution in [2.75, 3.05) is 11.4 Å². The maximum absolute atomic E-state index is 12.9. The molecule has 1 aromatic carbocycles. The van der Waals surface area contributed by atoms with Gasteiger partial charge in [-0.25, -0.2) is 9.78 Å². The van der Waals surface area contributed by atoms with Crippen LogP contribution in [0.2, 0.25) is 0 Å². The van der Waals surface area contributed by atoms with Crippen molar-refractivity contribution >= 4 is 11.9 Å². The van der Waals surface area contributed by atoms with E-state index < -0.39 is 5.60 Å². The topological polar surface area (TPSA) is 45.7 Å². The molecule has 2 aromatic rings.